The molecule has 218 valence electrons. The van der Waals surface area contributed by atoms with E-state index >= 15 is 0 Å². The van der Waals surface area contributed by atoms with E-state index in [0.717, 1.165) is 25.9 Å². The molecule has 3 atom stereocenters. The number of piperidine rings is 1. The average Bonchev–Trinajstić information content (AvgIpc) is 2.82. The van der Waals surface area contributed by atoms with Gasteiger partial charge in [0.2, 0.25) is 5.91 Å². The van der Waals surface area contributed by atoms with Crippen LogP contribution in [0.5, 0.6) is 0 Å². The molecule has 0 aromatic carbocycles. The van der Waals surface area contributed by atoms with Crippen LogP contribution < -0.4 is 0 Å². The molecule has 3 rings (SSSR count). The zero-order valence-corrected chi connectivity index (χ0v) is 25.0. The number of nitrogens with zero attached hydrogens (tertiary/aromatic N) is 4. The van der Waals surface area contributed by atoms with Crippen molar-refractivity contribution in [3.8, 4) is 0 Å². The molecule has 0 N–H and O–H groups in total. The molecule has 0 aliphatic carbocycles. The Morgan fingerprint density at radius 2 is 1.58 bits per heavy atom. The number of carbonyl (C=O) groups is 3. The van der Waals surface area contributed by atoms with Gasteiger partial charge in [-0.3, -0.25) is 23.8 Å². The van der Waals surface area contributed by atoms with Crippen LogP contribution >= 0.6 is 7.60 Å². The van der Waals surface area contributed by atoms with Crippen molar-refractivity contribution in [2.75, 3.05) is 46.1 Å². The van der Waals surface area contributed by atoms with E-state index in [4.69, 9.17) is 13.9 Å². The normalized spacial score (nSPS) is 26.0. The second-order valence-corrected chi connectivity index (χ2v) is 13.5. The summed E-state index contributed by atoms with van der Waals surface area (Å²) in [4.78, 5) is 53.2. The van der Waals surface area contributed by atoms with Crippen LogP contribution in [-0.4, -0.2) is 108 Å². The number of fused-ring (bicyclic) bond motifs is 1. The third-order valence-corrected chi connectivity index (χ3v) is 9.32. The monoisotopic (exact) mass is 558 g/mol. The van der Waals surface area contributed by atoms with Crippen LogP contribution in [0.3, 0.4) is 0 Å². The van der Waals surface area contributed by atoms with Crippen molar-refractivity contribution in [1.29, 1.82) is 0 Å². The van der Waals surface area contributed by atoms with E-state index < -0.39 is 38.0 Å². The molecule has 11 nitrogen and oxygen atoms in total. The standard InChI is InChI=1S/C26H47N4O7P/c1-8-35-38(34,36-9-2)17-24(31)30-23-16-28(20-10-12-27(7)13-11-20)25(32)21(14-18(3)4)29(23)26(33)22(37-30)15-19(5)6/h18-23H,8-17H2,1-7H3/t21-,22+,23-/m0/s1. The Morgan fingerprint density at radius 1 is 1.00 bits per heavy atom. The molecule has 3 heterocycles. The molecule has 0 unspecified atom stereocenters. The van der Waals surface area contributed by atoms with Gasteiger partial charge in [0.25, 0.3) is 11.8 Å². The third-order valence-electron chi connectivity index (χ3n) is 7.36. The first-order chi connectivity index (χ1) is 17.9. The Balaban J connectivity index is 2.00. The highest BCUT2D eigenvalue weighted by Crippen LogP contribution is 2.48. The summed E-state index contributed by atoms with van der Waals surface area (Å²) in [5, 5.41) is 1.20. The summed E-state index contributed by atoms with van der Waals surface area (Å²) in [6, 6.07) is -0.672. The molecule has 0 saturated carbocycles. The number of carbonyl (C=O) groups excluding carboxylic acids is 3. The molecule has 3 saturated heterocycles. The van der Waals surface area contributed by atoms with E-state index in [-0.39, 0.29) is 49.5 Å². The Morgan fingerprint density at radius 3 is 2.11 bits per heavy atom. The molecule has 0 radical (unpaired) electrons. The van der Waals surface area contributed by atoms with Crippen molar-refractivity contribution in [2.24, 2.45) is 11.8 Å². The number of hydroxylamine groups is 2. The molecule has 0 aromatic rings. The highest BCUT2D eigenvalue weighted by atomic mass is 31.2. The number of amides is 3. The van der Waals surface area contributed by atoms with Gasteiger partial charge in [-0.15, -0.1) is 0 Å². The van der Waals surface area contributed by atoms with Crippen molar-refractivity contribution in [3.05, 3.63) is 0 Å². The summed E-state index contributed by atoms with van der Waals surface area (Å²) < 4.78 is 24.0. The van der Waals surface area contributed by atoms with Crippen LogP contribution in [0.4, 0.5) is 0 Å². The largest absolute Gasteiger partial charge is 0.340 e. The molecule has 38 heavy (non-hydrogen) atoms. The van der Waals surface area contributed by atoms with E-state index in [1.807, 2.05) is 32.6 Å². The van der Waals surface area contributed by atoms with E-state index in [1.165, 1.54) is 5.06 Å². The van der Waals surface area contributed by atoms with E-state index in [0.29, 0.717) is 12.8 Å². The zero-order chi connectivity index (χ0) is 28.2. The third kappa shape index (κ3) is 7.16. The van der Waals surface area contributed by atoms with Gasteiger partial charge in [0.1, 0.15) is 12.2 Å². The van der Waals surface area contributed by atoms with Crippen LogP contribution in [-0.2, 0) is 32.8 Å². The van der Waals surface area contributed by atoms with E-state index in [1.54, 1.807) is 18.7 Å². The van der Waals surface area contributed by atoms with Gasteiger partial charge in [-0.2, -0.15) is 5.06 Å². The lowest BCUT2D eigenvalue weighted by Crippen LogP contribution is -2.75. The Labute approximate surface area is 227 Å². The summed E-state index contributed by atoms with van der Waals surface area (Å²) in [7, 11) is -1.65. The lowest BCUT2D eigenvalue weighted by molar-refractivity contribution is -0.277. The smallest absolute Gasteiger partial charge is 0.334 e. The van der Waals surface area contributed by atoms with Crippen LogP contribution in [0.1, 0.15) is 67.2 Å². The number of hydrogen-bond donors (Lipinski definition) is 0. The van der Waals surface area contributed by atoms with Crippen molar-refractivity contribution < 1.29 is 32.8 Å². The van der Waals surface area contributed by atoms with Crippen LogP contribution in [0.25, 0.3) is 0 Å². The van der Waals surface area contributed by atoms with Crippen molar-refractivity contribution in [3.63, 3.8) is 0 Å². The van der Waals surface area contributed by atoms with Gasteiger partial charge in [-0.1, -0.05) is 27.7 Å². The molecule has 0 aromatic heterocycles. The lowest BCUT2D eigenvalue weighted by atomic mass is 9.93. The highest BCUT2D eigenvalue weighted by molar-refractivity contribution is 7.54. The fourth-order valence-corrected chi connectivity index (χ4v) is 7.14. The molecule has 3 amide bonds. The van der Waals surface area contributed by atoms with E-state index in [9.17, 15) is 18.9 Å². The zero-order valence-electron chi connectivity index (χ0n) is 24.1. The highest BCUT2D eigenvalue weighted by Gasteiger charge is 2.54. The van der Waals surface area contributed by atoms with Crippen LogP contribution in [0.2, 0.25) is 0 Å². The quantitative estimate of drug-likeness (QED) is 0.356. The van der Waals surface area contributed by atoms with Crippen molar-refractivity contribution >= 4 is 25.3 Å². The number of likely N-dealkylation sites (tertiary alicyclic amines) is 1. The van der Waals surface area contributed by atoms with Crippen LogP contribution in [0, 0.1) is 11.8 Å². The summed E-state index contributed by atoms with van der Waals surface area (Å²) >= 11 is 0. The fraction of sp³-hybridized carbons (Fsp3) is 0.885. The first-order valence-electron chi connectivity index (χ1n) is 14.1. The Kier molecular flexibility index (Phi) is 10.8. The van der Waals surface area contributed by atoms with Gasteiger partial charge >= 0.3 is 7.60 Å². The van der Waals surface area contributed by atoms with Crippen molar-refractivity contribution in [1.82, 2.24) is 19.8 Å². The van der Waals surface area contributed by atoms with Crippen LogP contribution in [0.15, 0.2) is 0 Å². The minimum atomic E-state index is -3.71. The molecule has 12 heteroatoms. The van der Waals surface area contributed by atoms with Gasteiger partial charge in [0, 0.05) is 6.04 Å². The number of hydrogen-bond acceptors (Lipinski definition) is 8. The molecule has 0 spiro atoms. The molecule has 3 fully saturated rings. The average molecular weight is 559 g/mol. The minimum absolute atomic E-state index is 0.0221. The summed E-state index contributed by atoms with van der Waals surface area (Å²) in [5.74, 6) is -0.638. The fourth-order valence-electron chi connectivity index (χ4n) is 5.63. The van der Waals surface area contributed by atoms with E-state index in [2.05, 4.69) is 11.9 Å². The number of rotatable bonds is 11. The predicted octanol–water partition coefficient (Wildman–Crippen LogP) is 2.95. The maximum Gasteiger partial charge on any atom is 0.340 e. The first kappa shape index (κ1) is 31.0. The number of piperazine rings is 1. The molecule has 3 aliphatic heterocycles. The van der Waals surface area contributed by atoms with Gasteiger partial charge < -0.3 is 23.7 Å². The molecular formula is C26H47N4O7P. The molecule has 3 aliphatic rings. The van der Waals surface area contributed by atoms with Gasteiger partial charge in [-0.05, 0) is 71.5 Å². The predicted molar refractivity (Wildman–Crippen MR) is 143 cm³/mol. The minimum Gasteiger partial charge on any atom is -0.334 e. The molecular weight excluding hydrogens is 511 g/mol. The SMILES string of the molecule is CCOP(=O)(CC(=O)N1O[C@H](CC(C)C)C(=O)N2[C@@H]1CN(C1CCN(C)CC1)C(=O)[C@@H]2CC(C)C)OCC. The van der Waals surface area contributed by atoms with Gasteiger partial charge in [-0.25, -0.2) is 0 Å². The maximum absolute atomic E-state index is 13.9. The second kappa shape index (κ2) is 13.2. The Hall–Kier alpha value is -1.52. The first-order valence-corrected chi connectivity index (χ1v) is 15.8. The summed E-state index contributed by atoms with van der Waals surface area (Å²) in [5.41, 5.74) is 0. The molecule has 0 bridgehead atoms. The Bertz CT molecular complexity index is 883. The summed E-state index contributed by atoms with van der Waals surface area (Å²) in [6.45, 7) is 13.5. The lowest BCUT2D eigenvalue weighted by Gasteiger charge is -2.55. The topological polar surface area (TPSA) is 109 Å². The second-order valence-electron chi connectivity index (χ2n) is 11.4. The van der Waals surface area contributed by atoms with Gasteiger partial charge in [0.15, 0.2) is 12.3 Å². The maximum atomic E-state index is 13.9. The van der Waals surface area contributed by atoms with Crippen molar-refractivity contribution in [2.45, 2.75) is 91.6 Å². The summed E-state index contributed by atoms with van der Waals surface area (Å²) in [6.07, 6.45) is 0.303. The van der Waals surface area contributed by atoms with Gasteiger partial charge in [0.05, 0.1) is 19.8 Å².